The topological polar surface area (TPSA) is 63.6 Å². The van der Waals surface area contributed by atoms with Crippen LogP contribution in [0.3, 0.4) is 0 Å². The summed E-state index contributed by atoms with van der Waals surface area (Å²) in [7, 11) is 0. The van der Waals surface area contributed by atoms with Crippen molar-refractivity contribution < 1.29 is 9.63 Å². The van der Waals surface area contributed by atoms with Crippen LogP contribution in [0.2, 0.25) is 5.02 Å². The summed E-state index contributed by atoms with van der Waals surface area (Å²) in [6, 6.07) is 16.7. The van der Waals surface area contributed by atoms with Crippen LogP contribution in [0.15, 0.2) is 59.8 Å². The van der Waals surface area contributed by atoms with Crippen molar-refractivity contribution in [2.45, 2.75) is 13.8 Å². The number of carbonyl (C=O) groups is 1. The summed E-state index contributed by atoms with van der Waals surface area (Å²) >= 11 is 7.39. The van der Waals surface area contributed by atoms with Crippen molar-refractivity contribution in [2.24, 2.45) is 5.16 Å². The minimum absolute atomic E-state index is 0.524. The fourth-order valence-electron chi connectivity index (χ4n) is 2.29. The molecule has 3 rings (SSSR count). The molecule has 0 aliphatic heterocycles. The third kappa shape index (κ3) is 4.47. The van der Waals surface area contributed by atoms with Gasteiger partial charge in [-0.1, -0.05) is 53.2 Å². The predicted molar refractivity (Wildman–Crippen MR) is 106 cm³/mol. The van der Waals surface area contributed by atoms with Gasteiger partial charge in [-0.3, -0.25) is 10.2 Å². The van der Waals surface area contributed by atoms with Crippen LogP contribution in [-0.4, -0.2) is 16.8 Å². The molecule has 0 spiro atoms. The largest absolute Gasteiger partial charge is 0.437 e. The Morgan fingerprint density at radius 3 is 2.69 bits per heavy atom. The number of amides is 1. The molecule has 1 N–H and O–H groups in total. The number of oxime groups is 1. The minimum Gasteiger partial charge on any atom is -0.297 e. The SMILES string of the molecule is C/C(=N\OC(=O)Nc1cccc(Cl)c1)c1sc(-c2ccccc2)nc1C. The quantitative estimate of drug-likeness (QED) is 0.353. The zero-order valence-electron chi connectivity index (χ0n) is 14.2. The van der Waals surface area contributed by atoms with E-state index in [-0.39, 0.29) is 0 Å². The molecule has 0 unspecified atom stereocenters. The van der Waals surface area contributed by atoms with Crippen molar-refractivity contribution in [1.29, 1.82) is 0 Å². The molecule has 0 aliphatic rings. The van der Waals surface area contributed by atoms with Crippen LogP contribution >= 0.6 is 22.9 Å². The van der Waals surface area contributed by atoms with Crippen LogP contribution in [0.5, 0.6) is 0 Å². The number of anilines is 1. The van der Waals surface area contributed by atoms with Crippen LogP contribution in [0.4, 0.5) is 10.5 Å². The molecule has 0 fully saturated rings. The summed E-state index contributed by atoms with van der Waals surface area (Å²) in [5.74, 6) is 0. The molecule has 0 atom stereocenters. The van der Waals surface area contributed by atoms with E-state index in [1.54, 1.807) is 31.2 Å². The van der Waals surface area contributed by atoms with Gasteiger partial charge in [-0.15, -0.1) is 11.3 Å². The normalized spacial score (nSPS) is 11.3. The molecule has 1 amide bonds. The number of benzene rings is 2. The molecule has 0 bridgehead atoms. The lowest BCUT2D eigenvalue weighted by atomic mass is 10.2. The second-order valence-electron chi connectivity index (χ2n) is 5.49. The van der Waals surface area contributed by atoms with Crippen molar-refractivity contribution in [3.05, 3.63) is 70.2 Å². The minimum atomic E-state index is -0.683. The zero-order valence-corrected chi connectivity index (χ0v) is 15.8. The van der Waals surface area contributed by atoms with Gasteiger partial charge in [0.15, 0.2) is 0 Å². The van der Waals surface area contributed by atoms with E-state index in [1.165, 1.54) is 11.3 Å². The van der Waals surface area contributed by atoms with Gasteiger partial charge in [-0.05, 0) is 32.0 Å². The molecule has 1 aromatic heterocycles. The molecule has 5 nitrogen and oxygen atoms in total. The third-order valence-corrected chi connectivity index (χ3v) is 5.03. The Morgan fingerprint density at radius 1 is 1.19 bits per heavy atom. The van der Waals surface area contributed by atoms with E-state index in [2.05, 4.69) is 15.5 Å². The highest BCUT2D eigenvalue weighted by Crippen LogP contribution is 2.28. The van der Waals surface area contributed by atoms with Crippen LogP contribution in [0.25, 0.3) is 10.6 Å². The summed E-state index contributed by atoms with van der Waals surface area (Å²) in [6.07, 6.45) is -0.683. The lowest BCUT2D eigenvalue weighted by Crippen LogP contribution is -2.11. The van der Waals surface area contributed by atoms with Gasteiger partial charge in [0.05, 0.1) is 16.3 Å². The molecule has 1 heterocycles. The Balaban J connectivity index is 1.70. The van der Waals surface area contributed by atoms with Crippen molar-refractivity contribution in [3.8, 4) is 10.6 Å². The number of halogens is 1. The fraction of sp³-hybridized carbons (Fsp3) is 0.105. The van der Waals surface area contributed by atoms with E-state index >= 15 is 0 Å². The number of aryl methyl sites for hydroxylation is 1. The first-order chi connectivity index (χ1) is 12.5. The lowest BCUT2D eigenvalue weighted by molar-refractivity contribution is 0.166. The highest BCUT2D eigenvalue weighted by atomic mass is 35.5. The van der Waals surface area contributed by atoms with Gasteiger partial charge in [0.1, 0.15) is 5.01 Å². The zero-order chi connectivity index (χ0) is 18.5. The predicted octanol–water partition coefficient (Wildman–Crippen LogP) is 5.74. The summed E-state index contributed by atoms with van der Waals surface area (Å²) < 4.78 is 0. The number of carbonyl (C=O) groups excluding carboxylic acids is 1. The Morgan fingerprint density at radius 2 is 1.96 bits per heavy atom. The van der Waals surface area contributed by atoms with E-state index in [9.17, 15) is 4.79 Å². The van der Waals surface area contributed by atoms with Crippen LogP contribution in [0, 0.1) is 6.92 Å². The Kier molecular flexibility index (Phi) is 5.65. The van der Waals surface area contributed by atoms with Crippen LogP contribution < -0.4 is 5.32 Å². The number of rotatable bonds is 4. The maximum Gasteiger partial charge on any atom is 0.437 e. The average molecular weight is 386 g/mol. The molecule has 0 aliphatic carbocycles. The van der Waals surface area contributed by atoms with Gasteiger partial charge in [-0.25, -0.2) is 9.78 Å². The molecular formula is C19H16ClN3O2S. The summed E-state index contributed by atoms with van der Waals surface area (Å²) in [4.78, 5) is 22.3. The highest BCUT2D eigenvalue weighted by Gasteiger charge is 2.13. The van der Waals surface area contributed by atoms with Crippen molar-refractivity contribution in [2.75, 3.05) is 5.32 Å². The molecule has 132 valence electrons. The van der Waals surface area contributed by atoms with Gasteiger partial charge in [-0.2, -0.15) is 0 Å². The molecule has 26 heavy (non-hydrogen) atoms. The first kappa shape index (κ1) is 18.1. The Hall–Kier alpha value is -2.70. The van der Waals surface area contributed by atoms with Gasteiger partial charge >= 0.3 is 6.09 Å². The van der Waals surface area contributed by atoms with Crippen molar-refractivity contribution in [3.63, 3.8) is 0 Å². The number of hydrogen-bond donors (Lipinski definition) is 1. The van der Waals surface area contributed by atoms with Gasteiger partial charge in [0.2, 0.25) is 0 Å². The number of nitrogens with zero attached hydrogens (tertiary/aromatic N) is 2. The summed E-state index contributed by atoms with van der Waals surface area (Å²) in [5.41, 5.74) is 3.01. The third-order valence-electron chi connectivity index (χ3n) is 3.48. The highest BCUT2D eigenvalue weighted by molar-refractivity contribution is 7.17. The number of aromatic nitrogens is 1. The maximum absolute atomic E-state index is 11.9. The second-order valence-corrected chi connectivity index (χ2v) is 6.93. The molecule has 3 aromatic rings. The molecule has 7 heteroatoms. The Bertz CT molecular complexity index is 954. The molecular weight excluding hydrogens is 370 g/mol. The molecule has 2 aromatic carbocycles. The van der Waals surface area contributed by atoms with Crippen molar-refractivity contribution >= 4 is 40.4 Å². The van der Waals surface area contributed by atoms with Crippen LogP contribution in [-0.2, 0) is 4.84 Å². The first-order valence-electron chi connectivity index (χ1n) is 7.84. The van der Waals surface area contributed by atoms with E-state index in [0.29, 0.717) is 16.4 Å². The van der Waals surface area contributed by atoms with E-state index in [4.69, 9.17) is 16.4 Å². The monoisotopic (exact) mass is 385 g/mol. The first-order valence-corrected chi connectivity index (χ1v) is 9.04. The fourth-order valence-corrected chi connectivity index (χ4v) is 3.49. The standard InChI is InChI=1S/C19H16ClN3O2S/c1-12-17(26-18(21-12)14-7-4-3-5-8-14)13(2)23-25-19(24)22-16-10-6-9-15(20)11-16/h3-11H,1-2H3,(H,22,24)/b23-13+. The van der Waals surface area contributed by atoms with Crippen molar-refractivity contribution in [1.82, 2.24) is 4.98 Å². The van der Waals surface area contributed by atoms with E-state index in [1.807, 2.05) is 37.3 Å². The van der Waals surface area contributed by atoms with Crippen LogP contribution in [0.1, 0.15) is 17.5 Å². The second kappa shape index (κ2) is 8.12. The number of nitrogens with one attached hydrogen (secondary N) is 1. The lowest BCUT2D eigenvalue weighted by Gasteiger charge is -2.03. The van der Waals surface area contributed by atoms with E-state index in [0.717, 1.165) is 21.1 Å². The van der Waals surface area contributed by atoms with Gasteiger partial charge in [0.25, 0.3) is 0 Å². The maximum atomic E-state index is 11.9. The van der Waals surface area contributed by atoms with Gasteiger partial charge in [0, 0.05) is 16.3 Å². The number of hydrogen-bond acceptors (Lipinski definition) is 5. The van der Waals surface area contributed by atoms with E-state index < -0.39 is 6.09 Å². The summed E-state index contributed by atoms with van der Waals surface area (Å²) in [5, 5.41) is 7.92. The average Bonchev–Trinajstić information content (AvgIpc) is 3.02. The number of thiazole rings is 1. The molecule has 0 saturated heterocycles. The Labute approximate surface area is 160 Å². The molecule has 0 saturated carbocycles. The van der Waals surface area contributed by atoms with Gasteiger partial charge < -0.3 is 0 Å². The molecule has 0 radical (unpaired) electrons. The summed E-state index contributed by atoms with van der Waals surface area (Å²) in [6.45, 7) is 3.69. The smallest absolute Gasteiger partial charge is 0.297 e.